The number of morpholine rings is 1. The summed E-state index contributed by atoms with van der Waals surface area (Å²) in [5.74, 6) is -0.747. The second-order valence-corrected chi connectivity index (χ2v) is 6.98. The van der Waals surface area contributed by atoms with E-state index < -0.39 is 11.4 Å². The zero-order valence-corrected chi connectivity index (χ0v) is 14.8. The molecule has 2 saturated heterocycles. The summed E-state index contributed by atoms with van der Waals surface area (Å²) in [5.41, 5.74) is 0.252. The summed E-state index contributed by atoms with van der Waals surface area (Å²) >= 11 is 0. The van der Waals surface area contributed by atoms with Crippen molar-refractivity contribution in [2.75, 3.05) is 31.1 Å². The van der Waals surface area contributed by atoms with E-state index in [4.69, 9.17) is 4.74 Å². The maximum atomic E-state index is 13.6. The largest absolute Gasteiger partial charge is 0.361 e. The highest BCUT2D eigenvalue weighted by Crippen LogP contribution is 2.32. The highest BCUT2D eigenvalue weighted by atomic mass is 19.1. The molecule has 4 rings (SSSR count). The molecule has 0 aliphatic carbocycles. The first kappa shape index (κ1) is 17.6. The number of carbonyl (C=O) groups is 2. The minimum atomic E-state index is -0.650. The van der Waals surface area contributed by atoms with Crippen molar-refractivity contribution in [1.29, 1.82) is 0 Å². The van der Waals surface area contributed by atoms with Crippen molar-refractivity contribution >= 4 is 17.5 Å². The van der Waals surface area contributed by atoms with Crippen LogP contribution < -0.4 is 4.90 Å². The van der Waals surface area contributed by atoms with E-state index in [0.29, 0.717) is 31.0 Å². The highest BCUT2D eigenvalue weighted by molar-refractivity contribution is 5.95. The number of rotatable bonds is 2. The van der Waals surface area contributed by atoms with E-state index in [1.54, 1.807) is 46.3 Å². The highest BCUT2D eigenvalue weighted by Gasteiger charge is 2.44. The van der Waals surface area contributed by atoms with Crippen molar-refractivity contribution in [3.8, 4) is 0 Å². The number of piperidine rings is 1. The summed E-state index contributed by atoms with van der Waals surface area (Å²) < 4.78 is 19.5. The molecule has 2 aliphatic rings. The molecule has 0 bridgehead atoms. The third-order valence-corrected chi connectivity index (χ3v) is 5.08. The van der Waals surface area contributed by atoms with E-state index in [1.165, 1.54) is 12.1 Å². The Hall–Kier alpha value is -2.80. The van der Waals surface area contributed by atoms with Gasteiger partial charge in [0, 0.05) is 18.4 Å². The lowest BCUT2D eigenvalue weighted by atomic mass is 9.90. The Morgan fingerprint density at radius 2 is 2.07 bits per heavy atom. The van der Waals surface area contributed by atoms with Gasteiger partial charge in [-0.1, -0.05) is 12.1 Å². The molecule has 27 heavy (non-hydrogen) atoms. The Balaban J connectivity index is 1.55. The van der Waals surface area contributed by atoms with E-state index >= 15 is 0 Å². The Labute approximate surface area is 156 Å². The third-order valence-electron chi connectivity index (χ3n) is 5.08. The smallest absolute Gasteiger partial charge is 0.272 e. The molecule has 7 heteroatoms. The molecule has 140 valence electrons. The summed E-state index contributed by atoms with van der Waals surface area (Å²) in [6, 6.07) is 11.2. The molecule has 1 atom stereocenters. The van der Waals surface area contributed by atoms with E-state index in [9.17, 15) is 14.0 Å². The van der Waals surface area contributed by atoms with Crippen LogP contribution >= 0.6 is 0 Å². The molecule has 2 fully saturated rings. The van der Waals surface area contributed by atoms with Gasteiger partial charge in [0.15, 0.2) is 0 Å². The number of hydrogen-bond donors (Lipinski definition) is 0. The number of pyridine rings is 1. The third kappa shape index (κ3) is 3.55. The fraction of sp³-hybridized carbons (Fsp3) is 0.350. The minimum absolute atomic E-state index is 0.0812. The number of ether oxygens (including phenoxy) is 1. The standard InChI is InChI=1S/C20H20FN3O3/c21-15-5-3-6-16(11-15)24-14-20(27-12-18(24)25)8-4-10-23(13-20)19(26)17-7-1-2-9-22-17/h1-3,5-7,9,11H,4,8,10,12-14H2. The van der Waals surface area contributed by atoms with Crippen LogP contribution in [0.2, 0.25) is 0 Å². The first-order chi connectivity index (χ1) is 13.1. The first-order valence-electron chi connectivity index (χ1n) is 8.97. The number of hydrogen-bond acceptors (Lipinski definition) is 4. The van der Waals surface area contributed by atoms with Crippen LogP contribution in [0.3, 0.4) is 0 Å². The van der Waals surface area contributed by atoms with E-state index in [0.717, 1.165) is 12.8 Å². The summed E-state index contributed by atoms with van der Waals surface area (Å²) in [5, 5.41) is 0. The molecular formula is C20H20FN3O3. The van der Waals surface area contributed by atoms with Gasteiger partial charge in [-0.05, 0) is 43.2 Å². The Kier molecular flexibility index (Phi) is 4.61. The fourth-order valence-electron chi connectivity index (χ4n) is 3.76. The summed E-state index contributed by atoms with van der Waals surface area (Å²) in [6.45, 7) is 1.21. The molecule has 3 heterocycles. The molecule has 2 amide bonds. The molecular weight excluding hydrogens is 349 g/mol. The van der Waals surface area contributed by atoms with Crippen molar-refractivity contribution in [2.24, 2.45) is 0 Å². The number of carbonyl (C=O) groups excluding carboxylic acids is 2. The van der Waals surface area contributed by atoms with Gasteiger partial charge in [-0.25, -0.2) is 4.39 Å². The lowest BCUT2D eigenvalue weighted by Crippen LogP contribution is -2.62. The SMILES string of the molecule is O=C(c1ccccn1)N1CCCC2(C1)CN(c1cccc(F)c1)C(=O)CO2. The Morgan fingerprint density at radius 1 is 1.19 bits per heavy atom. The zero-order chi connectivity index (χ0) is 18.9. The van der Waals surface area contributed by atoms with Crippen molar-refractivity contribution in [3.63, 3.8) is 0 Å². The zero-order valence-electron chi connectivity index (χ0n) is 14.8. The lowest BCUT2D eigenvalue weighted by molar-refractivity contribution is -0.144. The number of halogens is 1. The van der Waals surface area contributed by atoms with Crippen molar-refractivity contribution < 1.29 is 18.7 Å². The van der Waals surface area contributed by atoms with Gasteiger partial charge < -0.3 is 14.5 Å². The van der Waals surface area contributed by atoms with Crippen LogP contribution in [-0.2, 0) is 9.53 Å². The Morgan fingerprint density at radius 3 is 2.85 bits per heavy atom. The average molecular weight is 369 g/mol. The second-order valence-electron chi connectivity index (χ2n) is 6.98. The van der Waals surface area contributed by atoms with E-state index in [2.05, 4.69) is 4.98 Å². The van der Waals surface area contributed by atoms with Crippen LogP contribution in [0.25, 0.3) is 0 Å². The van der Waals surface area contributed by atoms with Crippen molar-refractivity contribution in [2.45, 2.75) is 18.4 Å². The van der Waals surface area contributed by atoms with Crippen LogP contribution in [0.4, 0.5) is 10.1 Å². The number of benzene rings is 1. The number of amides is 2. The molecule has 1 unspecified atom stereocenters. The van der Waals surface area contributed by atoms with Crippen LogP contribution in [0.15, 0.2) is 48.7 Å². The number of nitrogens with zero attached hydrogens (tertiary/aromatic N) is 3. The summed E-state index contributed by atoms with van der Waals surface area (Å²) in [4.78, 5) is 32.5. The predicted octanol–water partition coefficient (Wildman–Crippen LogP) is 2.26. The van der Waals surface area contributed by atoms with Crippen LogP contribution in [0.5, 0.6) is 0 Å². The van der Waals surface area contributed by atoms with Crippen LogP contribution in [0, 0.1) is 5.82 Å². The topological polar surface area (TPSA) is 62.7 Å². The lowest BCUT2D eigenvalue weighted by Gasteiger charge is -2.47. The predicted molar refractivity (Wildman–Crippen MR) is 96.8 cm³/mol. The summed E-state index contributed by atoms with van der Waals surface area (Å²) in [6.07, 6.45) is 3.09. The minimum Gasteiger partial charge on any atom is -0.361 e. The average Bonchev–Trinajstić information content (AvgIpc) is 2.70. The molecule has 1 aromatic carbocycles. The number of likely N-dealkylation sites (tertiary alicyclic amines) is 1. The maximum Gasteiger partial charge on any atom is 0.272 e. The molecule has 0 saturated carbocycles. The monoisotopic (exact) mass is 369 g/mol. The Bertz CT molecular complexity index is 861. The molecule has 1 spiro atoms. The molecule has 0 N–H and O–H groups in total. The van der Waals surface area contributed by atoms with Gasteiger partial charge in [0.25, 0.3) is 11.8 Å². The maximum absolute atomic E-state index is 13.6. The number of anilines is 1. The van der Waals surface area contributed by atoms with Gasteiger partial charge in [-0.2, -0.15) is 0 Å². The van der Waals surface area contributed by atoms with Gasteiger partial charge in [0.05, 0.1) is 13.1 Å². The van der Waals surface area contributed by atoms with Crippen LogP contribution in [-0.4, -0.2) is 53.5 Å². The normalized spacial score (nSPS) is 22.9. The van der Waals surface area contributed by atoms with E-state index in [1.807, 2.05) is 0 Å². The molecule has 2 aliphatic heterocycles. The summed E-state index contributed by atoms with van der Waals surface area (Å²) in [7, 11) is 0. The molecule has 2 aromatic rings. The quantitative estimate of drug-likeness (QED) is 0.815. The van der Waals surface area contributed by atoms with Crippen LogP contribution in [0.1, 0.15) is 23.3 Å². The van der Waals surface area contributed by atoms with Crippen molar-refractivity contribution in [3.05, 3.63) is 60.2 Å². The first-order valence-corrected chi connectivity index (χ1v) is 8.97. The molecule has 0 radical (unpaired) electrons. The van der Waals surface area contributed by atoms with Gasteiger partial charge >= 0.3 is 0 Å². The van der Waals surface area contributed by atoms with Crippen molar-refractivity contribution in [1.82, 2.24) is 9.88 Å². The van der Waals surface area contributed by atoms with E-state index in [-0.39, 0.29) is 18.4 Å². The second kappa shape index (κ2) is 7.08. The van der Waals surface area contributed by atoms with Gasteiger partial charge in [-0.15, -0.1) is 0 Å². The van der Waals surface area contributed by atoms with Gasteiger partial charge in [-0.3, -0.25) is 14.6 Å². The fourth-order valence-corrected chi connectivity index (χ4v) is 3.76. The molecule has 1 aromatic heterocycles. The van der Waals surface area contributed by atoms with Gasteiger partial charge in [0.1, 0.15) is 23.7 Å². The van der Waals surface area contributed by atoms with Gasteiger partial charge in [0.2, 0.25) is 0 Å². The number of aromatic nitrogens is 1. The molecule has 6 nitrogen and oxygen atoms in total.